The molecule has 1 aliphatic rings. The highest BCUT2D eigenvalue weighted by atomic mass is 32.2. The first-order chi connectivity index (χ1) is 12.7. The lowest BCUT2D eigenvalue weighted by Gasteiger charge is -2.42. The second kappa shape index (κ2) is 6.51. The zero-order valence-corrected chi connectivity index (χ0v) is 17.0. The molecule has 28 heavy (non-hydrogen) atoms. The van der Waals surface area contributed by atoms with E-state index >= 15 is 0 Å². The topological polar surface area (TPSA) is 43.4 Å². The van der Waals surface area contributed by atoms with Crippen LogP contribution in [0.15, 0.2) is 42.5 Å². The smallest absolute Gasteiger partial charge is 0.376 e. The molecule has 1 aliphatic carbocycles. The van der Waals surface area contributed by atoms with E-state index in [2.05, 4.69) is 0 Å². The van der Waals surface area contributed by atoms with E-state index < -0.39 is 21.0 Å². The number of alkyl halides is 3. The number of fused-ring (bicyclic) bond motifs is 1. The summed E-state index contributed by atoms with van der Waals surface area (Å²) in [7, 11) is -5.77. The fourth-order valence-corrected chi connectivity index (χ4v) is 4.22. The Kier molecular flexibility index (Phi) is 4.81. The predicted octanol–water partition coefficient (Wildman–Crippen LogP) is 5.93. The minimum atomic E-state index is -5.77. The molecule has 0 amide bonds. The Morgan fingerprint density at radius 1 is 0.893 bits per heavy atom. The van der Waals surface area contributed by atoms with Crippen molar-refractivity contribution in [1.29, 1.82) is 0 Å². The van der Waals surface area contributed by atoms with Gasteiger partial charge in [0.1, 0.15) is 5.75 Å². The van der Waals surface area contributed by atoms with Gasteiger partial charge in [0.15, 0.2) is 0 Å². The summed E-state index contributed by atoms with van der Waals surface area (Å²) >= 11 is 0. The molecule has 152 valence electrons. The third kappa shape index (κ3) is 3.64. The first-order valence-electron chi connectivity index (χ1n) is 9.00. The molecule has 0 bridgehead atoms. The molecule has 0 saturated heterocycles. The molecule has 0 N–H and O–H groups in total. The van der Waals surface area contributed by atoms with Crippen LogP contribution in [-0.4, -0.2) is 13.9 Å². The Balaban J connectivity index is 2.30. The zero-order valence-electron chi connectivity index (χ0n) is 16.2. The molecule has 0 radical (unpaired) electrons. The lowest BCUT2D eigenvalue weighted by molar-refractivity contribution is -0.0500. The maximum absolute atomic E-state index is 13.0. The van der Waals surface area contributed by atoms with Crippen LogP contribution in [-0.2, 0) is 20.9 Å². The van der Waals surface area contributed by atoms with E-state index in [0.717, 1.165) is 17.5 Å². The van der Waals surface area contributed by atoms with Crippen LogP contribution in [0.4, 0.5) is 13.2 Å². The van der Waals surface area contributed by atoms with Crippen LogP contribution in [0.25, 0.3) is 11.1 Å². The lowest BCUT2D eigenvalue weighted by atomic mass is 9.62. The third-order valence-electron chi connectivity index (χ3n) is 5.47. The molecule has 2 aromatic rings. The molecule has 7 heteroatoms. The molecule has 0 unspecified atom stereocenters. The highest BCUT2D eigenvalue weighted by Gasteiger charge is 2.50. The van der Waals surface area contributed by atoms with Crippen LogP contribution in [0.3, 0.4) is 0 Å². The fraction of sp³-hybridized carbons (Fsp3) is 0.429. The molecule has 0 aromatic heterocycles. The quantitative estimate of drug-likeness (QED) is 0.463. The number of halogens is 3. The Morgan fingerprint density at radius 3 is 2.04 bits per heavy atom. The van der Waals surface area contributed by atoms with Crippen LogP contribution in [0.5, 0.6) is 5.75 Å². The van der Waals surface area contributed by atoms with Gasteiger partial charge in [-0.2, -0.15) is 21.6 Å². The predicted molar refractivity (Wildman–Crippen MR) is 103 cm³/mol. The second-order valence-corrected chi connectivity index (χ2v) is 10.1. The van der Waals surface area contributed by atoms with Gasteiger partial charge in [0.25, 0.3) is 0 Å². The molecule has 3 rings (SSSR count). The van der Waals surface area contributed by atoms with Gasteiger partial charge in [0, 0.05) is 5.56 Å². The maximum atomic E-state index is 13.0. The van der Waals surface area contributed by atoms with Gasteiger partial charge in [-0.15, -0.1) is 0 Å². The largest absolute Gasteiger partial charge is 0.534 e. The fourth-order valence-electron chi connectivity index (χ4n) is 3.76. The van der Waals surface area contributed by atoms with E-state index in [1.54, 1.807) is 0 Å². The Hall–Kier alpha value is -2.02. The molecule has 0 aliphatic heterocycles. The van der Waals surface area contributed by atoms with Crippen molar-refractivity contribution in [3.63, 3.8) is 0 Å². The summed E-state index contributed by atoms with van der Waals surface area (Å²) in [5.41, 5.74) is -3.59. The van der Waals surface area contributed by atoms with Gasteiger partial charge in [-0.3, -0.25) is 0 Å². The number of hydrogen-bond acceptors (Lipinski definition) is 3. The van der Waals surface area contributed by atoms with E-state index in [1.807, 2.05) is 64.1 Å². The molecule has 0 fully saturated rings. The summed E-state index contributed by atoms with van der Waals surface area (Å²) in [5.74, 6) is -0.244. The van der Waals surface area contributed by atoms with Gasteiger partial charge in [0.05, 0.1) is 0 Å². The highest BCUT2D eigenvalue weighted by molar-refractivity contribution is 7.88. The number of benzene rings is 2. The molecule has 0 spiro atoms. The van der Waals surface area contributed by atoms with Crippen molar-refractivity contribution in [2.75, 3.05) is 0 Å². The van der Waals surface area contributed by atoms with Crippen LogP contribution < -0.4 is 4.18 Å². The minimum absolute atomic E-state index is 0.244. The Bertz CT molecular complexity index is 992. The van der Waals surface area contributed by atoms with Crippen molar-refractivity contribution < 1.29 is 25.8 Å². The summed E-state index contributed by atoms with van der Waals surface area (Å²) < 4.78 is 67.3. The summed E-state index contributed by atoms with van der Waals surface area (Å²) in [5, 5.41) is 0. The van der Waals surface area contributed by atoms with Crippen LogP contribution in [0.2, 0.25) is 0 Å². The molecule has 0 heterocycles. The molecule has 0 saturated carbocycles. The maximum Gasteiger partial charge on any atom is 0.534 e. The van der Waals surface area contributed by atoms with Crippen molar-refractivity contribution in [2.45, 2.75) is 56.9 Å². The monoisotopic (exact) mass is 412 g/mol. The average Bonchev–Trinajstić information content (AvgIpc) is 2.58. The highest BCUT2D eigenvalue weighted by Crippen LogP contribution is 2.51. The standard InChI is InChI=1S/C21H23F3O3S/c1-19(2)10-11-20(3,4)18-16(19)12-15(14-8-6-5-7-9-14)13-17(18)27-28(25,26)21(22,23)24/h5-9,12-13H,10-11H2,1-4H3. The number of hydrogen-bond donors (Lipinski definition) is 0. The van der Waals surface area contributed by atoms with Gasteiger partial charge in [-0.25, -0.2) is 0 Å². The van der Waals surface area contributed by atoms with E-state index in [0.29, 0.717) is 17.5 Å². The van der Waals surface area contributed by atoms with E-state index in [9.17, 15) is 21.6 Å². The van der Waals surface area contributed by atoms with Crippen molar-refractivity contribution in [3.05, 3.63) is 53.6 Å². The summed E-state index contributed by atoms with van der Waals surface area (Å²) in [4.78, 5) is 0. The van der Waals surface area contributed by atoms with E-state index in [4.69, 9.17) is 4.18 Å². The van der Waals surface area contributed by atoms with E-state index in [1.165, 1.54) is 6.07 Å². The van der Waals surface area contributed by atoms with Gasteiger partial charge < -0.3 is 4.18 Å². The van der Waals surface area contributed by atoms with Crippen LogP contribution >= 0.6 is 0 Å². The van der Waals surface area contributed by atoms with Crippen molar-refractivity contribution in [1.82, 2.24) is 0 Å². The third-order valence-corrected chi connectivity index (χ3v) is 6.44. The molecule has 0 atom stereocenters. The number of rotatable bonds is 3. The second-order valence-electron chi connectivity index (χ2n) is 8.51. The Labute approximate surface area is 163 Å². The summed E-state index contributed by atoms with van der Waals surface area (Å²) in [6.07, 6.45) is 1.54. The average molecular weight is 412 g/mol. The normalized spacial score (nSPS) is 18.4. The van der Waals surface area contributed by atoms with E-state index in [-0.39, 0.29) is 11.2 Å². The Morgan fingerprint density at radius 2 is 1.46 bits per heavy atom. The summed E-state index contributed by atoms with van der Waals surface area (Å²) in [6, 6.07) is 12.5. The van der Waals surface area contributed by atoms with Crippen molar-refractivity contribution >= 4 is 10.1 Å². The van der Waals surface area contributed by atoms with Crippen molar-refractivity contribution in [3.8, 4) is 16.9 Å². The van der Waals surface area contributed by atoms with Gasteiger partial charge >= 0.3 is 15.6 Å². The van der Waals surface area contributed by atoms with Gasteiger partial charge in [-0.1, -0.05) is 64.1 Å². The van der Waals surface area contributed by atoms with Crippen LogP contribution in [0.1, 0.15) is 51.7 Å². The first kappa shape index (κ1) is 20.7. The molecular weight excluding hydrogens is 389 g/mol. The van der Waals surface area contributed by atoms with Gasteiger partial charge in [0.2, 0.25) is 0 Å². The van der Waals surface area contributed by atoms with Crippen molar-refractivity contribution in [2.24, 2.45) is 0 Å². The summed E-state index contributed by atoms with van der Waals surface area (Å²) in [6.45, 7) is 7.82. The molecule has 2 aromatic carbocycles. The minimum Gasteiger partial charge on any atom is -0.376 e. The SMILES string of the molecule is CC1(C)CCC(C)(C)c2c(OS(=O)(=O)C(F)(F)F)cc(-c3ccccc3)cc21. The molecule has 3 nitrogen and oxygen atoms in total. The molecular formula is C21H23F3O3S. The lowest BCUT2D eigenvalue weighted by Crippen LogP contribution is -2.36. The van der Waals surface area contributed by atoms with Crippen LogP contribution in [0, 0.1) is 0 Å². The zero-order chi connectivity index (χ0) is 21.0. The first-order valence-corrected chi connectivity index (χ1v) is 10.4. The van der Waals surface area contributed by atoms with Gasteiger partial charge in [-0.05, 0) is 46.4 Å².